The van der Waals surface area contributed by atoms with E-state index in [0.29, 0.717) is 18.8 Å². The number of halogens is 1. The van der Waals surface area contributed by atoms with Crippen LogP contribution in [-0.4, -0.2) is 61.6 Å². The number of amides is 2. The van der Waals surface area contributed by atoms with E-state index in [9.17, 15) is 14.0 Å². The second-order valence-corrected chi connectivity index (χ2v) is 10.3. The molecule has 7 nitrogen and oxygen atoms in total. The third-order valence-corrected chi connectivity index (χ3v) is 7.24. The Balaban J connectivity index is 1.51. The fourth-order valence-corrected chi connectivity index (χ4v) is 5.28. The average molecular weight is 563 g/mol. The molecule has 0 aliphatic heterocycles. The van der Waals surface area contributed by atoms with Crippen LogP contribution in [0, 0.1) is 5.82 Å². The summed E-state index contributed by atoms with van der Waals surface area (Å²) in [4.78, 5) is 28.7. The second kappa shape index (κ2) is 14.2. The lowest BCUT2D eigenvalue weighted by molar-refractivity contribution is -0.162. The summed E-state index contributed by atoms with van der Waals surface area (Å²) in [5, 5.41) is 2.80. The Labute approximate surface area is 241 Å². The van der Waals surface area contributed by atoms with Crippen molar-refractivity contribution in [3.05, 3.63) is 95.3 Å². The topological polar surface area (TPSA) is 77.1 Å². The number of benzene rings is 3. The number of carbonyl (C=O) groups is 2. The predicted molar refractivity (Wildman–Crippen MR) is 156 cm³/mol. The van der Waals surface area contributed by atoms with Gasteiger partial charge < -0.3 is 24.4 Å². The maximum Gasteiger partial charge on any atom is 0.407 e. The van der Waals surface area contributed by atoms with E-state index in [2.05, 4.69) is 29.6 Å². The first-order valence-electron chi connectivity index (χ1n) is 14.2. The van der Waals surface area contributed by atoms with Gasteiger partial charge in [-0.15, -0.1) is 0 Å². The van der Waals surface area contributed by atoms with E-state index in [4.69, 9.17) is 14.2 Å². The summed E-state index contributed by atoms with van der Waals surface area (Å²) in [6, 6.07) is 21.0. The number of hydrogen-bond donors (Lipinski definition) is 1. The van der Waals surface area contributed by atoms with Gasteiger partial charge in [0.15, 0.2) is 6.29 Å². The summed E-state index contributed by atoms with van der Waals surface area (Å²) in [5.41, 5.74) is 5.17. The molecule has 0 spiro atoms. The van der Waals surface area contributed by atoms with Crippen LogP contribution in [0.4, 0.5) is 9.18 Å². The summed E-state index contributed by atoms with van der Waals surface area (Å²) in [7, 11) is 0. The Morgan fingerprint density at radius 2 is 1.44 bits per heavy atom. The smallest absolute Gasteiger partial charge is 0.407 e. The van der Waals surface area contributed by atoms with Gasteiger partial charge in [-0.2, -0.15) is 0 Å². The third-order valence-electron chi connectivity index (χ3n) is 7.24. The highest BCUT2D eigenvalue weighted by Gasteiger charge is 2.32. The van der Waals surface area contributed by atoms with Crippen LogP contribution in [0.15, 0.2) is 72.8 Å². The van der Waals surface area contributed by atoms with Crippen molar-refractivity contribution in [3.8, 4) is 11.1 Å². The van der Waals surface area contributed by atoms with Gasteiger partial charge in [0.05, 0.1) is 6.54 Å². The first-order valence-corrected chi connectivity index (χ1v) is 14.2. The molecule has 3 aromatic rings. The molecule has 0 saturated heterocycles. The molecule has 0 saturated carbocycles. The van der Waals surface area contributed by atoms with Gasteiger partial charge in [0.25, 0.3) is 0 Å². The first-order chi connectivity index (χ1) is 19.8. The molecule has 4 rings (SSSR count). The first kappa shape index (κ1) is 30.2. The molecule has 1 atom stereocenters. The van der Waals surface area contributed by atoms with Crippen molar-refractivity contribution in [3.63, 3.8) is 0 Å². The Morgan fingerprint density at radius 1 is 0.878 bits per heavy atom. The Bertz CT molecular complexity index is 1260. The van der Waals surface area contributed by atoms with Crippen LogP contribution in [0.25, 0.3) is 11.1 Å². The fraction of sp³-hybridized carbons (Fsp3) is 0.394. The molecule has 0 bridgehead atoms. The van der Waals surface area contributed by atoms with E-state index >= 15 is 0 Å². The van der Waals surface area contributed by atoms with Gasteiger partial charge >= 0.3 is 6.09 Å². The highest BCUT2D eigenvalue weighted by Crippen LogP contribution is 2.44. The molecular weight excluding hydrogens is 523 g/mol. The van der Waals surface area contributed by atoms with E-state index in [0.717, 1.165) is 22.3 Å². The number of fused-ring (bicyclic) bond motifs is 3. The van der Waals surface area contributed by atoms with Crippen molar-refractivity contribution in [2.45, 2.75) is 58.4 Å². The second-order valence-electron chi connectivity index (χ2n) is 10.3. The monoisotopic (exact) mass is 562 g/mol. The van der Waals surface area contributed by atoms with Crippen molar-refractivity contribution in [1.29, 1.82) is 0 Å². The van der Waals surface area contributed by atoms with E-state index in [1.165, 1.54) is 12.1 Å². The predicted octanol–water partition coefficient (Wildman–Crippen LogP) is 5.91. The number of alkyl carbamates (subject to hydrolysis) is 1. The molecule has 0 fully saturated rings. The maximum absolute atomic E-state index is 13.9. The van der Waals surface area contributed by atoms with Crippen molar-refractivity contribution in [2.75, 3.05) is 26.4 Å². The van der Waals surface area contributed by atoms with Crippen LogP contribution in [0.5, 0.6) is 0 Å². The largest absolute Gasteiger partial charge is 0.449 e. The van der Waals surface area contributed by atoms with Crippen LogP contribution in [0.3, 0.4) is 0 Å². The summed E-state index contributed by atoms with van der Waals surface area (Å²) < 4.78 is 30.7. The Kier molecular flexibility index (Phi) is 10.5. The van der Waals surface area contributed by atoms with E-state index in [1.54, 1.807) is 17.0 Å². The zero-order chi connectivity index (χ0) is 29.4. The van der Waals surface area contributed by atoms with E-state index in [1.807, 2.05) is 52.0 Å². The Morgan fingerprint density at radius 3 is 1.98 bits per heavy atom. The maximum atomic E-state index is 13.9. The van der Waals surface area contributed by atoms with Crippen molar-refractivity contribution >= 4 is 12.0 Å². The zero-order valence-corrected chi connectivity index (χ0v) is 24.1. The van der Waals surface area contributed by atoms with Gasteiger partial charge in [-0.05, 0) is 67.6 Å². The van der Waals surface area contributed by atoms with Crippen LogP contribution < -0.4 is 5.32 Å². The van der Waals surface area contributed by atoms with Gasteiger partial charge in [0.2, 0.25) is 5.91 Å². The molecule has 41 heavy (non-hydrogen) atoms. The molecule has 1 aliphatic carbocycles. The highest BCUT2D eigenvalue weighted by atomic mass is 19.1. The van der Waals surface area contributed by atoms with Gasteiger partial charge in [0, 0.05) is 31.6 Å². The lowest BCUT2D eigenvalue weighted by atomic mass is 9.98. The minimum absolute atomic E-state index is 0.107. The third kappa shape index (κ3) is 7.51. The number of ether oxygens (including phenoxy) is 3. The number of nitrogens with one attached hydrogen (secondary N) is 1. The Hall–Kier alpha value is -3.75. The van der Waals surface area contributed by atoms with Crippen molar-refractivity contribution in [1.82, 2.24) is 10.2 Å². The quantitative estimate of drug-likeness (QED) is 0.262. The van der Waals surface area contributed by atoms with Gasteiger partial charge in [0.1, 0.15) is 18.5 Å². The summed E-state index contributed by atoms with van der Waals surface area (Å²) in [6.07, 6.45) is -1.13. The minimum Gasteiger partial charge on any atom is -0.449 e. The summed E-state index contributed by atoms with van der Waals surface area (Å²) in [6.45, 7) is 8.72. The number of nitrogens with zero attached hydrogens (tertiary/aromatic N) is 1. The van der Waals surface area contributed by atoms with Crippen LogP contribution in [-0.2, 0) is 25.4 Å². The lowest BCUT2D eigenvalue weighted by Gasteiger charge is -2.33. The zero-order valence-electron chi connectivity index (χ0n) is 24.1. The molecular formula is C33H39FN2O5. The summed E-state index contributed by atoms with van der Waals surface area (Å²) in [5.74, 6) is -0.784. The van der Waals surface area contributed by atoms with Crippen LogP contribution >= 0.6 is 0 Å². The van der Waals surface area contributed by atoms with Crippen molar-refractivity contribution in [2.24, 2.45) is 0 Å². The molecule has 1 aliphatic rings. The number of hydrogen-bond acceptors (Lipinski definition) is 5. The molecule has 218 valence electrons. The SMILES string of the molecule is CCOC(CN(C(=O)C(Cc1ccc(F)cc1)NC(=O)OCC1c2ccccc2-c2ccccc21)C(C)C)OCC. The number of carbonyl (C=O) groups excluding carboxylic acids is 2. The van der Waals surface area contributed by atoms with Gasteiger partial charge in [-0.1, -0.05) is 60.7 Å². The van der Waals surface area contributed by atoms with Crippen LogP contribution in [0.1, 0.15) is 50.3 Å². The lowest BCUT2D eigenvalue weighted by Crippen LogP contribution is -2.54. The molecule has 2 amide bonds. The van der Waals surface area contributed by atoms with Gasteiger partial charge in [-0.25, -0.2) is 9.18 Å². The van der Waals surface area contributed by atoms with E-state index < -0.39 is 18.4 Å². The minimum atomic E-state index is -0.942. The summed E-state index contributed by atoms with van der Waals surface area (Å²) >= 11 is 0. The van der Waals surface area contributed by atoms with E-state index in [-0.39, 0.29) is 43.3 Å². The molecule has 0 radical (unpaired) electrons. The van der Waals surface area contributed by atoms with Gasteiger partial charge in [-0.3, -0.25) is 4.79 Å². The van der Waals surface area contributed by atoms with Crippen molar-refractivity contribution < 1.29 is 28.2 Å². The standard InChI is InChI=1S/C33H39FN2O5/c1-5-39-31(40-6-2)20-36(22(3)4)32(37)30(19-23-15-17-24(34)18-16-23)35-33(38)41-21-29-27-13-9-7-11-25(27)26-12-8-10-14-28(26)29/h7-18,22,29-31H,5-6,19-21H2,1-4H3,(H,35,38). The highest BCUT2D eigenvalue weighted by molar-refractivity contribution is 5.86. The molecule has 3 aromatic carbocycles. The normalized spacial score (nSPS) is 13.1. The average Bonchev–Trinajstić information content (AvgIpc) is 3.29. The fourth-order valence-electron chi connectivity index (χ4n) is 5.28. The molecule has 1 N–H and O–H groups in total. The van der Waals surface area contributed by atoms with Crippen LogP contribution in [0.2, 0.25) is 0 Å². The number of rotatable bonds is 13. The molecule has 0 aromatic heterocycles. The molecule has 8 heteroatoms. The molecule has 0 heterocycles. The molecule has 1 unspecified atom stereocenters.